The van der Waals surface area contributed by atoms with Crippen molar-refractivity contribution in [2.24, 2.45) is 0 Å². The van der Waals surface area contributed by atoms with Gasteiger partial charge in [0.1, 0.15) is 0 Å². The first-order valence-electron chi connectivity index (χ1n) is 5.69. The van der Waals surface area contributed by atoms with Gasteiger partial charge in [-0.05, 0) is 40.0 Å². The number of nitrogens with zero attached hydrogens (tertiary/aromatic N) is 1. The molecule has 0 aliphatic carbocycles. The summed E-state index contributed by atoms with van der Waals surface area (Å²) in [5, 5.41) is 5.93. The Hall–Kier alpha value is -0.910. The number of carbonyl (C=O) groups excluding carboxylic acids is 1. The van der Waals surface area contributed by atoms with Gasteiger partial charge in [0.15, 0.2) is 5.13 Å². The number of hydrogen-bond donors (Lipinski definition) is 1. The van der Waals surface area contributed by atoms with Crippen molar-refractivity contribution < 1.29 is 4.79 Å². The normalized spacial score (nSPS) is 10.8. The van der Waals surface area contributed by atoms with E-state index in [1.54, 1.807) is 18.2 Å². The van der Waals surface area contributed by atoms with Crippen molar-refractivity contribution in [1.82, 2.24) is 4.98 Å². The first-order chi connectivity index (χ1) is 8.97. The number of thiazole rings is 1. The topological polar surface area (TPSA) is 42.0 Å². The van der Waals surface area contributed by atoms with E-state index in [9.17, 15) is 4.79 Å². The monoisotopic (exact) mass is 358 g/mol. The van der Waals surface area contributed by atoms with Gasteiger partial charge in [-0.3, -0.25) is 10.1 Å². The zero-order valence-electron chi connectivity index (χ0n) is 10.4. The van der Waals surface area contributed by atoms with Crippen LogP contribution in [0.4, 0.5) is 5.13 Å². The number of nitrogens with one attached hydrogen (secondary N) is 1. The summed E-state index contributed by atoms with van der Waals surface area (Å²) in [5.74, 6) is 0.150. The van der Waals surface area contributed by atoms with Crippen LogP contribution in [0, 0.1) is 0 Å². The molecule has 2 aromatic rings. The number of benzene rings is 1. The quantitative estimate of drug-likeness (QED) is 0.844. The lowest BCUT2D eigenvalue weighted by Crippen LogP contribution is -2.12. The highest BCUT2D eigenvalue weighted by molar-refractivity contribution is 9.10. The van der Waals surface area contributed by atoms with Crippen molar-refractivity contribution >= 4 is 49.9 Å². The van der Waals surface area contributed by atoms with Crippen molar-refractivity contribution in [3.8, 4) is 0 Å². The van der Waals surface area contributed by atoms with E-state index in [0.29, 0.717) is 26.1 Å². The highest BCUT2D eigenvalue weighted by Crippen LogP contribution is 2.25. The maximum absolute atomic E-state index is 12.1. The fourth-order valence-electron chi connectivity index (χ4n) is 1.45. The average Bonchev–Trinajstić information content (AvgIpc) is 2.77. The van der Waals surface area contributed by atoms with E-state index >= 15 is 0 Å². The molecule has 19 heavy (non-hydrogen) atoms. The zero-order valence-corrected chi connectivity index (χ0v) is 13.6. The van der Waals surface area contributed by atoms with Gasteiger partial charge in [-0.2, -0.15) is 0 Å². The predicted octanol–water partition coefficient (Wildman–Crippen LogP) is 4.93. The molecule has 0 spiro atoms. The molecule has 0 aliphatic heterocycles. The molecule has 0 aliphatic rings. The van der Waals surface area contributed by atoms with Crippen LogP contribution in [0.15, 0.2) is 28.1 Å². The maximum Gasteiger partial charge on any atom is 0.258 e. The van der Waals surface area contributed by atoms with Gasteiger partial charge in [-0.15, -0.1) is 11.3 Å². The third-order valence-electron chi connectivity index (χ3n) is 2.51. The van der Waals surface area contributed by atoms with Crippen LogP contribution < -0.4 is 5.32 Å². The largest absolute Gasteiger partial charge is 0.298 e. The van der Waals surface area contributed by atoms with Gasteiger partial charge in [-0.1, -0.05) is 25.4 Å². The second-order valence-electron chi connectivity index (χ2n) is 4.31. The predicted molar refractivity (Wildman–Crippen MR) is 83.3 cm³/mol. The van der Waals surface area contributed by atoms with Crippen LogP contribution in [-0.2, 0) is 0 Å². The van der Waals surface area contributed by atoms with Crippen molar-refractivity contribution in [2.45, 2.75) is 19.8 Å². The molecular weight excluding hydrogens is 348 g/mol. The summed E-state index contributed by atoms with van der Waals surface area (Å²) in [5.41, 5.74) is 1.51. The molecule has 0 unspecified atom stereocenters. The second-order valence-corrected chi connectivity index (χ2v) is 6.46. The molecule has 0 bridgehead atoms. The third kappa shape index (κ3) is 3.55. The van der Waals surface area contributed by atoms with Crippen molar-refractivity contribution in [1.29, 1.82) is 0 Å². The van der Waals surface area contributed by atoms with Crippen LogP contribution in [0.3, 0.4) is 0 Å². The molecule has 1 amide bonds. The molecule has 3 nitrogen and oxygen atoms in total. The third-order valence-corrected chi connectivity index (χ3v) is 4.18. The number of hydrogen-bond acceptors (Lipinski definition) is 3. The van der Waals surface area contributed by atoms with Crippen LogP contribution in [-0.4, -0.2) is 10.9 Å². The highest BCUT2D eigenvalue weighted by atomic mass is 79.9. The summed E-state index contributed by atoms with van der Waals surface area (Å²) in [6.45, 7) is 4.13. The number of halogens is 2. The first kappa shape index (κ1) is 14.5. The Bertz CT molecular complexity index is 612. The summed E-state index contributed by atoms with van der Waals surface area (Å²) in [4.78, 5) is 16.5. The number of aromatic nitrogens is 1. The minimum atomic E-state index is -0.201. The molecule has 2 rings (SSSR count). The van der Waals surface area contributed by atoms with E-state index in [4.69, 9.17) is 11.6 Å². The number of anilines is 1. The van der Waals surface area contributed by atoms with Crippen LogP contribution in [0.5, 0.6) is 0 Å². The van der Waals surface area contributed by atoms with Gasteiger partial charge < -0.3 is 0 Å². The van der Waals surface area contributed by atoms with Crippen LogP contribution in [0.1, 0.15) is 35.8 Å². The van der Waals surface area contributed by atoms with Crippen molar-refractivity contribution in [2.75, 3.05) is 5.32 Å². The minimum absolute atomic E-state index is 0.201. The SMILES string of the molecule is CC(C)c1csc(NC(=O)c2ccc(Cl)cc2Br)n1. The van der Waals surface area contributed by atoms with E-state index in [1.807, 2.05) is 5.38 Å². The van der Waals surface area contributed by atoms with E-state index in [1.165, 1.54) is 11.3 Å². The van der Waals surface area contributed by atoms with Gasteiger partial charge in [0.25, 0.3) is 5.91 Å². The van der Waals surface area contributed by atoms with Crippen LogP contribution >= 0.6 is 38.9 Å². The Morgan fingerprint density at radius 2 is 2.21 bits per heavy atom. The van der Waals surface area contributed by atoms with Crippen molar-refractivity contribution in [3.05, 3.63) is 44.3 Å². The Morgan fingerprint density at radius 1 is 1.47 bits per heavy atom. The molecule has 0 atom stereocenters. The Labute approximate surface area is 129 Å². The Morgan fingerprint density at radius 3 is 2.79 bits per heavy atom. The fraction of sp³-hybridized carbons (Fsp3) is 0.231. The molecule has 1 aromatic carbocycles. The fourth-order valence-corrected chi connectivity index (χ4v) is 3.18. The highest BCUT2D eigenvalue weighted by Gasteiger charge is 2.13. The molecule has 1 aromatic heterocycles. The van der Waals surface area contributed by atoms with Crippen LogP contribution in [0.2, 0.25) is 5.02 Å². The Kier molecular flexibility index (Phi) is 4.60. The first-order valence-corrected chi connectivity index (χ1v) is 7.74. The molecule has 0 fully saturated rings. The second kappa shape index (κ2) is 6.03. The lowest BCUT2D eigenvalue weighted by molar-refractivity contribution is 0.102. The maximum atomic E-state index is 12.1. The van der Waals surface area contributed by atoms with Gasteiger partial charge in [0, 0.05) is 14.9 Å². The molecule has 0 saturated carbocycles. The number of carbonyl (C=O) groups is 1. The summed E-state index contributed by atoms with van der Waals surface area (Å²) >= 11 is 10.6. The summed E-state index contributed by atoms with van der Waals surface area (Å²) in [6.07, 6.45) is 0. The van der Waals surface area contributed by atoms with Gasteiger partial charge in [0.2, 0.25) is 0 Å². The summed E-state index contributed by atoms with van der Waals surface area (Å²) in [6, 6.07) is 5.05. The summed E-state index contributed by atoms with van der Waals surface area (Å²) < 4.78 is 0.665. The standard InChI is InChI=1S/C13H12BrClN2OS/c1-7(2)11-6-19-13(16-11)17-12(18)9-4-3-8(15)5-10(9)14/h3-7H,1-2H3,(H,16,17,18). The van der Waals surface area contributed by atoms with Gasteiger partial charge >= 0.3 is 0 Å². The van der Waals surface area contributed by atoms with E-state index in [-0.39, 0.29) is 5.91 Å². The molecule has 1 heterocycles. The molecule has 100 valence electrons. The summed E-state index contributed by atoms with van der Waals surface area (Å²) in [7, 11) is 0. The lowest BCUT2D eigenvalue weighted by Gasteiger charge is -2.04. The van der Waals surface area contributed by atoms with E-state index in [2.05, 4.69) is 40.1 Å². The lowest BCUT2D eigenvalue weighted by atomic mass is 10.2. The van der Waals surface area contributed by atoms with Crippen LogP contribution in [0.25, 0.3) is 0 Å². The van der Waals surface area contributed by atoms with E-state index in [0.717, 1.165) is 5.69 Å². The van der Waals surface area contributed by atoms with Crippen molar-refractivity contribution in [3.63, 3.8) is 0 Å². The zero-order chi connectivity index (χ0) is 14.0. The smallest absolute Gasteiger partial charge is 0.258 e. The minimum Gasteiger partial charge on any atom is -0.298 e. The molecule has 0 radical (unpaired) electrons. The molecule has 6 heteroatoms. The van der Waals surface area contributed by atoms with E-state index < -0.39 is 0 Å². The molecule has 1 N–H and O–H groups in total. The molecule has 0 saturated heterocycles. The number of amides is 1. The molecular formula is C13H12BrClN2OS. The van der Waals surface area contributed by atoms with Gasteiger partial charge in [0.05, 0.1) is 11.3 Å². The number of rotatable bonds is 3. The average molecular weight is 360 g/mol. The van der Waals surface area contributed by atoms with Gasteiger partial charge in [-0.25, -0.2) is 4.98 Å². The Balaban J connectivity index is 2.16.